The first kappa shape index (κ1) is 17.7. The van der Waals surface area contributed by atoms with E-state index in [1.807, 2.05) is 25.1 Å². The minimum Gasteiger partial charge on any atom is -0.380 e. The average Bonchev–Trinajstić information content (AvgIpc) is 2.49. The fourth-order valence-corrected chi connectivity index (χ4v) is 2.03. The molecule has 3 N–H and O–H groups in total. The van der Waals surface area contributed by atoms with Crippen LogP contribution < -0.4 is 11.1 Å². The van der Waals surface area contributed by atoms with Gasteiger partial charge in [0.25, 0.3) is 0 Å². The molecule has 1 unspecified atom stereocenters. The first-order valence-electron chi connectivity index (χ1n) is 7.72. The van der Waals surface area contributed by atoms with Gasteiger partial charge in [-0.25, -0.2) is 0 Å². The molecule has 0 radical (unpaired) electrons. The highest BCUT2D eigenvalue weighted by atomic mass is 16.5. The van der Waals surface area contributed by atoms with Gasteiger partial charge in [0.05, 0.1) is 18.7 Å². The smallest absolute Gasteiger partial charge is 0.237 e. The largest absolute Gasteiger partial charge is 0.380 e. The van der Waals surface area contributed by atoms with Crippen molar-refractivity contribution < 1.29 is 9.53 Å². The number of rotatable bonds is 9. The number of hydrogen-bond acceptors (Lipinski definition) is 3. The van der Waals surface area contributed by atoms with Crippen LogP contribution >= 0.6 is 0 Å². The Bertz CT molecular complexity index is 407. The van der Waals surface area contributed by atoms with E-state index >= 15 is 0 Å². The van der Waals surface area contributed by atoms with E-state index in [1.165, 1.54) is 5.56 Å². The lowest BCUT2D eigenvalue weighted by molar-refractivity contribution is -0.124. The molecule has 0 aliphatic carbocycles. The second kappa shape index (κ2) is 9.53. The fourth-order valence-electron chi connectivity index (χ4n) is 2.03. The van der Waals surface area contributed by atoms with Crippen molar-refractivity contribution in [2.75, 3.05) is 13.2 Å². The number of carbonyl (C=O) groups excluding carboxylic acids is 1. The predicted molar refractivity (Wildman–Crippen MR) is 86.0 cm³/mol. The molecule has 0 spiro atoms. The van der Waals surface area contributed by atoms with Crippen LogP contribution in [0.2, 0.25) is 0 Å². The first-order valence-corrected chi connectivity index (χ1v) is 7.72. The molecule has 0 saturated carbocycles. The van der Waals surface area contributed by atoms with Crippen LogP contribution in [0.25, 0.3) is 0 Å². The Labute approximate surface area is 128 Å². The molecule has 118 valence electrons. The molecule has 0 fully saturated rings. The number of aryl methyl sites for hydroxylation is 1. The molecular formula is C17H28N2O2. The summed E-state index contributed by atoms with van der Waals surface area (Å²) in [5.74, 6) is 0.228. The van der Waals surface area contributed by atoms with Gasteiger partial charge in [0.2, 0.25) is 5.91 Å². The SMILES string of the molecule is CCOCC(NC(=O)[C@@H](N)CCc1ccccc1)C(C)C. The number of nitrogens with one attached hydrogen (secondary N) is 1. The summed E-state index contributed by atoms with van der Waals surface area (Å²) in [5.41, 5.74) is 7.19. The fraction of sp³-hybridized carbons (Fsp3) is 0.588. The van der Waals surface area contributed by atoms with Gasteiger partial charge in [0, 0.05) is 6.61 Å². The van der Waals surface area contributed by atoms with Gasteiger partial charge in [-0.05, 0) is 31.2 Å². The van der Waals surface area contributed by atoms with Gasteiger partial charge >= 0.3 is 0 Å². The van der Waals surface area contributed by atoms with Crippen LogP contribution in [0, 0.1) is 5.92 Å². The molecule has 1 amide bonds. The molecule has 2 atom stereocenters. The highest BCUT2D eigenvalue weighted by molar-refractivity contribution is 5.81. The van der Waals surface area contributed by atoms with Crippen molar-refractivity contribution in [2.24, 2.45) is 11.7 Å². The Morgan fingerprint density at radius 2 is 1.95 bits per heavy atom. The van der Waals surface area contributed by atoms with Crippen LogP contribution in [0.4, 0.5) is 0 Å². The van der Waals surface area contributed by atoms with Crippen molar-refractivity contribution >= 4 is 5.91 Å². The van der Waals surface area contributed by atoms with Crippen LogP contribution in [-0.2, 0) is 16.0 Å². The van der Waals surface area contributed by atoms with Crippen molar-refractivity contribution in [3.05, 3.63) is 35.9 Å². The molecule has 0 aliphatic heterocycles. The third kappa shape index (κ3) is 6.74. The van der Waals surface area contributed by atoms with E-state index in [-0.39, 0.29) is 11.9 Å². The summed E-state index contributed by atoms with van der Waals surface area (Å²) < 4.78 is 5.41. The summed E-state index contributed by atoms with van der Waals surface area (Å²) >= 11 is 0. The van der Waals surface area contributed by atoms with Crippen molar-refractivity contribution in [1.82, 2.24) is 5.32 Å². The highest BCUT2D eigenvalue weighted by Gasteiger charge is 2.20. The van der Waals surface area contributed by atoms with E-state index < -0.39 is 6.04 Å². The molecule has 1 aromatic carbocycles. The van der Waals surface area contributed by atoms with E-state index in [1.54, 1.807) is 0 Å². The molecule has 0 bridgehead atoms. The Hall–Kier alpha value is -1.39. The van der Waals surface area contributed by atoms with Gasteiger partial charge in [0.15, 0.2) is 0 Å². The third-order valence-corrected chi connectivity index (χ3v) is 3.56. The average molecular weight is 292 g/mol. The molecule has 4 heteroatoms. The lowest BCUT2D eigenvalue weighted by Crippen LogP contribution is -2.49. The van der Waals surface area contributed by atoms with E-state index in [0.29, 0.717) is 25.6 Å². The Kier molecular flexibility index (Phi) is 8.01. The highest BCUT2D eigenvalue weighted by Crippen LogP contribution is 2.06. The number of carbonyl (C=O) groups is 1. The number of ether oxygens (including phenoxy) is 1. The lowest BCUT2D eigenvalue weighted by atomic mass is 10.0. The number of nitrogens with two attached hydrogens (primary N) is 1. The van der Waals surface area contributed by atoms with Gasteiger partial charge in [-0.3, -0.25) is 4.79 Å². The number of amides is 1. The maximum atomic E-state index is 12.2. The summed E-state index contributed by atoms with van der Waals surface area (Å²) in [6.45, 7) is 7.27. The summed E-state index contributed by atoms with van der Waals surface area (Å²) in [7, 11) is 0. The van der Waals surface area contributed by atoms with Gasteiger partial charge < -0.3 is 15.8 Å². The van der Waals surface area contributed by atoms with E-state index in [0.717, 1.165) is 6.42 Å². The van der Waals surface area contributed by atoms with Crippen LogP contribution in [0.15, 0.2) is 30.3 Å². The zero-order valence-corrected chi connectivity index (χ0v) is 13.3. The zero-order chi connectivity index (χ0) is 15.7. The Morgan fingerprint density at radius 3 is 2.52 bits per heavy atom. The quantitative estimate of drug-likeness (QED) is 0.733. The van der Waals surface area contributed by atoms with Crippen molar-refractivity contribution in [2.45, 2.75) is 45.7 Å². The van der Waals surface area contributed by atoms with Crippen molar-refractivity contribution in [3.8, 4) is 0 Å². The molecule has 0 saturated heterocycles. The normalized spacial score (nSPS) is 14.0. The zero-order valence-electron chi connectivity index (χ0n) is 13.3. The number of benzene rings is 1. The molecule has 21 heavy (non-hydrogen) atoms. The summed E-state index contributed by atoms with van der Waals surface area (Å²) in [5, 5.41) is 3.00. The van der Waals surface area contributed by atoms with Crippen LogP contribution in [-0.4, -0.2) is 31.2 Å². The second-order valence-corrected chi connectivity index (χ2v) is 5.65. The Morgan fingerprint density at radius 1 is 1.29 bits per heavy atom. The van der Waals surface area contributed by atoms with E-state index in [2.05, 4.69) is 31.3 Å². The molecule has 0 aromatic heterocycles. The van der Waals surface area contributed by atoms with E-state index in [9.17, 15) is 4.79 Å². The van der Waals surface area contributed by atoms with E-state index in [4.69, 9.17) is 10.5 Å². The van der Waals surface area contributed by atoms with Gasteiger partial charge in [-0.15, -0.1) is 0 Å². The first-order chi connectivity index (χ1) is 10.0. The van der Waals surface area contributed by atoms with Crippen LogP contribution in [0.1, 0.15) is 32.8 Å². The molecular weight excluding hydrogens is 264 g/mol. The van der Waals surface area contributed by atoms with Gasteiger partial charge in [0.1, 0.15) is 0 Å². The lowest BCUT2D eigenvalue weighted by Gasteiger charge is -2.24. The minimum atomic E-state index is -0.479. The third-order valence-electron chi connectivity index (χ3n) is 3.56. The molecule has 1 aromatic rings. The molecule has 1 rings (SSSR count). The van der Waals surface area contributed by atoms with Crippen LogP contribution in [0.5, 0.6) is 0 Å². The summed E-state index contributed by atoms with van der Waals surface area (Å²) in [6, 6.07) is 9.62. The summed E-state index contributed by atoms with van der Waals surface area (Å²) in [6.07, 6.45) is 1.46. The van der Waals surface area contributed by atoms with Gasteiger partial charge in [-0.1, -0.05) is 44.2 Å². The topological polar surface area (TPSA) is 64.3 Å². The Balaban J connectivity index is 2.41. The maximum absolute atomic E-state index is 12.2. The molecule has 0 heterocycles. The minimum absolute atomic E-state index is 0.0141. The molecule has 0 aliphatic rings. The predicted octanol–water partition coefficient (Wildman–Crippen LogP) is 2.12. The van der Waals surface area contributed by atoms with Crippen molar-refractivity contribution in [1.29, 1.82) is 0 Å². The monoisotopic (exact) mass is 292 g/mol. The molecule has 4 nitrogen and oxygen atoms in total. The number of hydrogen-bond donors (Lipinski definition) is 2. The standard InChI is InChI=1S/C17H28N2O2/c1-4-21-12-16(13(2)3)19-17(20)15(18)11-10-14-8-6-5-7-9-14/h5-9,13,15-16H,4,10-12,18H2,1-3H3,(H,19,20)/t15-,16?/m0/s1. The summed E-state index contributed by atoms with van der Waals surface area (Å²) in [4.78, 5) is 12.2. The van der Waals surface area contributed by atoms with Crippen molar-refractivity contribution in [3.63, 3.8) is 0 Å². The van der Waals surface area contributed by atoms with Gasteiger partial charge in [-0.2, -0.15) is 0 Å². The van der Waals surface area contributed by atoms with Crippen LogP contribution in [0.3, 0.4) is 0 Å². The second-order valence-electron chi connectivity index (χ2n) is 5.65. The maximum Gasteiger partial charge on any atom is 0.237 e.